The lowest BCUT2D eigenvalue weighted by Crippen LogP contribution is -2.16. The quantitative estimate of drug-likeness (QED) is 0.828. The van der Waals surface area contributed by atoms with Crippen molar-refractivity contribution in [3.63, 3.8) is 0 Å². The van der Waals surface area contributed by atoms with Crippen molar-refractivity contribution in [2.24, 2.45) is 0 Å². The number of aromatic nitrogens is 2. The van der Waals surface area contributed by atoms with E-state index in [0.29, 0.717) is 11.4 Å². The fraction of sp³-hybridized carbons (Fsp3) is 0.357. The molecule has 0 saturated carbocycles. The molecule has 4 heteroatoms. The van der Waals surface area contributed by atoms with Crippen LogP contribution in [0.1, 0.15) is 26.5 Å². The number of benzene rings is 1. The largest absolute Gasteiger partial charge is 0.495 e. The molecule has 1 aromatic carbocycles. The Balaban J connectivity index is 2.53. The fourth-order valence-electron chi connectivity index (χ4n) is 1.91. The summed E-state index contributed by atoms with van der Waals surface area (Å²) < 4.78 is 7.31. The van der Waals surface area contributed by atoms with Gasteiger partial charge in [0, 0.05) is 23.4 Å². The first kappa shape index (κ1) is 12.5. The van der Waals surface area contributed by atoms with Crippen LogP contribution in [-0.2, 0) is 5.41 Å². The van der Waals surface area contributed by atoms with Crippen LogP contribution in [-0.4, -0.2) is 16.7 Å². The minimum Gasteiger partial charge on any atom is -0.495 e. The van der Waals surface area contributed by atoms with Gasteiger partial charge in [0.15, 0.2) is 0 Å². The number of nitrogens with two attached hydrogens (primary N) is 1. The molecule has 0 unspecified atom stereocenters. The molecule has 1 aromatic heterocycles. The Labute approximate surface area is 107 Å². The number of methoxy groups -OCH3 is 1. The van der Waals surface area contributed by atoms with Crippen molar-refractivity contribution in [1.82, 2.24) is 9.55 Å². The van der Waals surface area contributed by atoms with Crippen LogP contribution in [0.15, 0.2) is 30.7 Å². The van der Waals surface area contributed by atoms with Crippen molar-refractivity contribution >= 4 is 5.69 Å². The van der Waals surface area contributed by atoms with Crippen molar-refractivity contribution in [2.75, 3.05) is 12.8 Å². The molecule has 4 nitrogen and oxygen atoms in total. The monoisotopic (exact) mass is 245 g/mol. The molecule has 0 spiro atoms. The maximum Gasteiger partial charge on any atom is 0.143 e. The molecule has 2 rings (SSSR count). The molecule has 0 aliphatic carbocycles. The van der Waals surface area contributed by atoms with Gasteiger partial charge in [0.2, 0.25) is 0 Å². The van der Waals surface area contributed by atoms with Gasteiger partial charge in [0.1, 0.15) is 5.75 Å². The number of hydrogen-bond acceptors (Lipinski definition) is 3. The van der Waals surface area contributed by atoms with E-state index in [0.717, 1.165) is 11.4 Å². The van der Waals surface area contributed by atoms with Crippen molar-refractivity contribution in [2.45, 2.75) is 26.2 Å². The molecule has 0 amide bonds. The van der Waals surface area contributed by atoms with Crippen LogP contribution in [0.2, 0.25) is 0 Å². The number of hydrogen-bond donors (Lipinski definition) is 1. The average Bonchev–Trinajstić information content (AvgIpc) is 2.78. The molecule has 0 aliphatic heterocycles. The number of nitrogen functional groups attached to an aromatic ring is 1. The molecular formula is C14H19N3O. The second-order valence-corrected chi connectivity index (χ2v) is 5.33. The SMILES string of the molecule is COc1cc(-n2cncc2C(C)(C)C)ccc1N. The van der Waals surface area contributed by atoms with Crippen molar-refractivity contribution in [1.29, 1.82) is 0 Å². The molecule has 18 heavy (non-hydrogen) atoms. The van der Waals surface area contributed by atoms with Crippen LogP contribution in [0.5, 0.6) is 5.75 Å². The summed E-state index contributed by atoms with van der Waals surface area (Å²) in [5.74, 6) is 0.682. The van der Waals surface area contributed by atoms with E-state index in [1.54, 1.807) is 7.11 Å². The van der Waals surface area contributed by atoms with E-state index in [9.17, 15) is 0 Å². The van der Waals surface area contributed by atoms with Crippen LogP contribution < -0.4 is 10.5 Å². The second kappa shape index (κ2) is 4.37. The molecule has 0 saturated heterocycles. The summed E-state index contributed by atoms with van der Waals surface area (Å²) in [7, 11) is 1.62. The third-order valence-corrected chi connectivity index (χ3v) is 2.90. The topological polar surface area (TPSA) is 53.1 Å². The smallest absolute Gasteiger partial charge is 0.143 e. The standard InChI is InChI=1S/C14H19N3O/c1-14(2,3)13-8-16-9-17(13)10-5-6-11(15)12(7-10)18-4/h5-9H,15H2,1-4H3. The van der Waals surface area contributed by atoms with Gasteiger partial charge in [-0.1, -0.05) is 20.8 Å². The number of imidazole rings is 1. The summed E-state index contributed by atoms with van der Waals surface area (Å²) in [5, 5.41) is 0. The fourth-order valence-corrected chi connectivity index (χ4v) is 1.91. The molecule has 2 N–H and O–H groups in total. The zero-order chi connectivity index (χ0) is 13.3. The maximum absolute atomic E-state index is 5.83. The van der Waals surface area contributed by atoms with Crippen LogP contribution in [0.3, 0.4) is 0 Å². The van der Waals surface area contributed by atoms with Crippen molar-refractivity contribution < 1.29 is 4.74 Å². The molecule has 0 radical (unpaired) electrons. The molecule has 1 heterocycles. The molecular weight excluding hydrogens is 226 g/mol. The number of nitrogens with zero attached hydrogens (tertiary/aromatic N) is 2. The highest BCUT2D eigenvalue weighted by atomic mass is 16.5. The highest BCUT2D eigenvalue weighted by Gasteiger charge is 2.19. The number of ether oxygens (including phenoxy) is 1. The highest BCUT2D eigenvalue weighted by Crippen LogP contribution is 2.28. The van der Waals surface area contributed by atoms with Gasteiger partial charge in [-0.2, -0.15) is 0 Å². The first-order chi connectivity index (χ1) is 8.43. The molecule has 0 fully saturated rings. The zero-order valence-electron chi connectivity index (χ0n) is 11.3. The Bertz CT molecular complexity index is 552. The van der Waals surface area contributed by atoms with Gasteiger partial charge in [-0.15, -0.1) is 0 Å². The van der Waals surface area contributed by atoms with Crippen molar-refractivity contribution in [3.8, 4) is 11.4 Å². The van der Waals surface area contributed by atoms with Gasteiger partial charge in [0.25, 0.3) is 0 Å². The Morgan fingerprint density at radius 3 is 2.61 bits per heavy atom. The average molecular weight is 245 g/mol. The third kappa shape index (κ3) is 2.18. The maximum atomic E-state index is 5.83. The van der Waals surface area contributed by atoms with E-state index in [1.165, 1.54) is 0 Å². The summed E-state index contributed by atoms with van der Waals surface area (Å²) in [6.07, 6.45) is 3.70. The van der Waals surface area contributed by atoms with E-state index < -0.39 is 0 Å². The van der Waals surface area contributed by atoms with Gasteiger partial charge >= 0.3 is 0 Å². The summed E-state index contributed by atoms with van der Waals surface area (Å²) in [6, 6.07) is 5.74. The normalized spacial score (nSPS) is 11.6. The Hall–Kier alpha value is -1.97. The first-order valence-electron chi connectivity index (χ1n) is 5.90. The Kier molecular flexibility index (Phi) is 3.03. The molecule has 0 aliphatic rings. The lowest BCUT2D eigenvalue weighted by atomic mass is 9.92. The molecule has 96 valence electrons. The Morgan fingerprint density at radius 2 is 2.00 bits per heavy atom. The predicted molar refractivity (Wildman–Crippen MR) is 73.2 cm³/mol. The summed E-state index contributed by atoms with van der Waals surface area (Å²) >= 11 is 0. The number of rotatable bonds is 2. The van der Waals surface area contributed by atoms with E-state index in [-0.39, 0.29) is 5.41 Å². The van der Waals surface area contributed by atoms with E-state index in [2.05, 4.69) is 30.3 Å². The lowest BCUT2D eigenvalue weighted by molar-refractivity contribution is 0.416. The van der Waals surface area contributed by atoms with Gasteiger partial charge in [0.05, 0.1) is 24.8 Å². The predicted octanol–water partition coefficient (Wildman–Crippen LogP) is 2.76. The van der Waals surface area contributed by atoms with Gasteiger partial charge in [-0.3, -0.25) is 0 Å². The lowest BCUT2D eigenvalue weighted by Gasteiger charge is -2.21. The van der Waals surface area contributed by atoms with Crippen LogP contribution in [0.4, 0.5) is 5.69 Å². The summed E-state index contributed by atoms with van der Waals surface area (Å²) in [6.45, 7) is 6.49. The van der Waals surface area contributed by atoms with E-state index >= 15 is 0 Å². The van der Waals surface area contributed by atoms with Gasteiger partial charge < -0.3 is 15.0 Å². The summed E-state index contributed by atoms with van der Waals surface area (Å²) in [5.41, 5.74) is 8.65. The molecule has 2 aromatic rings. The third-order valence-electron chi connectivity index (χ3n) is 2.90. The summed E-state index contributed by atoms with van der Waals surface area (Å²) in [4.78, 5) is 4.23. The minimum atomic E-state index is 0.0329. The Morgan fingerprint density at radius 1 is 1.28 bits per heavy atom. The van der Waals surface area contributed by atoms with Crippen LogP contribution >= 0.6 is 0 Å². The number of anilines is 1. The van der Waals surface area contributed by atoms with Crippen LogP contribution in [0.25, 0.3) is 5.69 Å². The van der Waals surface area contributed by atoms with Crippen molar-refractivity contribution in [3.05, 3.63) is 36.4 Å². The van der Waals surface area contributed by atoms with Gasteiger partial charge in [-0.25, -0.2) is 4.98 Å². The minimum absolute atomic E-state index is 0.0329. The molecule has 0 bridgehead atoms. The highest BCUT2D eigenvalue weighted by molar-refractivity contribution is 5.57. The van der Waals surface area contributed by atoms with Gasteiger partial charge in [-0.05, 0) is 12.1 Å². The van der Waals surface area contributed by atoms with E-state index in [4.69, 9.17) is 10.5 Å². The molecule has 0 atom stereocenters. The first-order valence-corrected chi connectivity index (χ1v) is 5.90. The van der Waals surface area contributed by atoms with Crippen LogP contribution in [0, 0.1) is 0 Å². The van der Waals surface area contributed by atoms with E-state index in [1.807, 2.05) is 30.7 Å². The zero-order valence-corrected chi connectivity index (χ0v) is 11.3. The second-order valence-electron chi connectivity index (χ2n) is 5.33.